The van der Waals surface area contributed by atoms with Gasteiger partial charge in [-0.1, -0.05) is 35.6 Å². The van der Waals surface area contributed by atoms with Crippen LogP contribution in [0.5, 0.6) is 17.2 Å². The highest BCUT2D eigenvalue weighted by molar-refractivity contribution is 7.92. The van der Waals surface area contributed by atoms with Gasteiger partial charge in [-0.05, 0) is 74.7 Å². The second-order valence-corrected chi connectivity index (χ2v) is 17.1. The molecule has 3 aromatic carbocycles. The molecule has 18 heteroatoms. The quantitative estimate of drug-likeness (QED) is 0.0686. The van der Waals surface area contributed by atoms with Crippen molar-refractivity contribution in [2.24, 2.45) is 7.05 Å². The maximum atomic E-state index is 13.3. The number of imide groups is 2. The van der Waals surface area contributed by atoms with Crippen LogP contribution in [0, 0.1) is 11.8 Å². The number of fused-ring (bicyclic) bond motifs is 2. The average Bonchev–Trinajstić information content (AvgIpc) is 4.01. The SMILES string of the molecule is CCS(=O)(=O)Nc1ccc(Oc2cccc(OCc3cn(CCCCCC#Cc4cccc5c4C(=O)N(C4CCC(=O)NC4=O)C5=O)nn3)c2)c(-c2cn(C)c(=O)c3[nH]ccc23)c1. The van der Waals surface area contributed by atoms with Crippen molar-refractivity contribution in [3.8, 4) is 40.2 Å². The molecule has 3 N–H and O–H groups in total. The van der Waals surface area contributed by atoms with E-state index in [4.69, 9.17) is 9.47 Å². The van der Waals surface area contributed by atoms with Crippen LogP contribution >= 0.6 is 0 Å². The van der Waals surface area contributed by atoms with Crippen molar-refractivity contribution in [2.45, 2.75) is 64.6 Å². The zero-order chi connectivity index (χ0) is 44.3. The number of aryl methyl sites for hydroxylation is 2. The van der Waals surface area contributed by atoms with Crippen molar-refractivity contribution < 1.29 is 37.1 Å². The number of benzene rings is 3. The number of sulfonamides is 1. The average molecular weight is 871 g/mol. The molecular weight excluding hydrogens is 829 g/mol. The van der Waals surface area contributed by atoms with Gasteiger partial charge in [0.15, 0.2) is 0 Å². The van der Waals surface area contributed by atoms with E-state index in [1.54, 1.807) is 97.8 Å². The molecule has 1 saturated heterocycles. The Morgan fingerprint density at radius 1 is 0.905 bits per heavy atom. The lowest BCUT2D eigenvalue weighted by Crippen LogP contribution is -2.54. The Balaban J connectivity index is 0.846. The number of aromatic amines is 1. The fourth-order valence-electron chi connectivity index (χ4n) is 7.49. The molecule has 0 radical (unpaired) electrons. The number of rotatable bonds is 15. The summed E-state index contributed by atoms with van der Waals surface area (Å²) in [7, 11) is -1.92. The summed E-state index contributed by atoms with van der Waals surface area (Å²) in [6.45, 7) is 2.34. The number of piperidine rings is 1. The van der Waals surface area contributed by atoms with E-state index in [0.717, 1.165) is 24.2 Å². The summed E-state index contributed by atoms with van der Waals surface area (Å²) in [5, 5.41) is 11.3. The first-order valence-corrected chi connectivity index (χ1v) is 22.0. The number of pyridine rings is 1. The van der Waals surface area contributed by atoms with E-state index in [2.05, 4.69) is 37.2 Å². The first-order valence-electron chi connectivity index (χ1n) is 20.3. The van der Waals surface area contributed by atoms with Gasteiger partial charge in [0.1, 0.15) is 41.1 Å². The van der Waals surface area contributed by atoms with E-state index in [1.807, 2.05) is 6.20 Å². The molecule has 2 aliphatic heterocycles. The number of hydrogen-bond acceptors (Lipinski definition) is 11. The van der Waals surface area contributed by atoms with Gasteiger partial charge in [-0.25, -0.2) is 8.42 Å². The third kappa shape index (κ3) is 9.09. The van der Waals surface area contributed by atoms with Gasteiger partial charge in [-0.15, -0.1) is 5.10 Å². The van der Waals surface area contributed by atoms with Crippen LogP contribution in [0.4, 0.5) is 5.69 Å². The van der Waals surface area contributed by atoms with Crippen LogP contribution in [-0.2, 0) is 39.8 Å². The minimum absolute atomic E-state index is 0.0498. The highest BCUT2D eigenvalue weighted by Gasteiger charge is 2.45. The molecule has 3 aromatic heterocycles. The van der Waals surface area contributed by atoms with E-state index >= 15 is 0 Å². The molecule has 1 atom stereocenters. The largest absolute Gasteiger partial charge is 0.487 e. The molecule has 322 valence electrons. The van der Waals surface area contributed by atoms with Gasteiger partial charge in [-0.3, -0.25) is 43.6 Å². The third-order valence-corrected chi connectivity index (χ3v) is 12.0. The van der Waals surface area contributed by atoms with Crippen LogP contribution in [0.1, 0.15) is 77.4 Å². The van der Waals surface area contributed by atoms with Crippen molar-refractivity contribution >= 4 is 50.2 Å². The smallest absolute Gasteiger partial charge is 0.274 e. The molecular formula is C45H42N8O9S. The highest BCUT2D eigenvalue weighted by atomic mass is 32.2. The van der Waals surface area contributed by atoms with Gasteiger partial charge in [0, 0.05) is 72.7 Å². The standard InChI is InChI=1S/C45H42N8O9S/c1-3-63(59,60)49-29-16-18-38(35(23-29)36-26-51(2)45(58)41-33(36)20-21-46-41)62-32-14-10-13-31(24-32)61-27-30-25-52(50-48-30)22-8-6-4-5-7-11-28-12-9-15-34-40(28)44(57)53(43(34)56)37-17-19-39(54)47-42(37)55/h9-10,12-16,18,20-21,23-26,37,46,49H,3-6,8,17,19,22,27H2,1-2H3,(H,47,54,55). The van der Waals surface area contributed by atoms with Crippen LogP contribution < -0.4 is 25.1 Å². The van der Waals surface area contributed by atoms with Crippen LogP contribution in [-0.4, -0.2) is 73.3 Å². The molecule has 0 spiro atoms. The molecule has 2 aliphatic rings. The van der Waals surface area contributed by atoms with Gasteiger partial charge < -0.3 is 19.0 Å². The number of aromatic nitrogens is 5. The van der Waals surface area contributed by atoms with Crippen molar-refractivity contribution in [2.75, 3.05) is 10.5 Å². The van der Waals surface area contributed by atoms with Gasteiger partial charge in [0.25, 0.3) is 17.4 Å². The third-order valence-electron chi connectivity index (χ3n) is 10.7. The molecule has 6 aromatic rings. The Morgan fingerprint density at radius 2 is 1.73 bits per heavy atom. The Kier molecular flexibility index (Phi) is 11.9. The molecule has 4 amide bonds. The highest BCUT2D eigenvalue weighted by Crippen LogP contribution is 2.39. The predicted octanol–water partition coefficient (Wildman–Crippen LogP) is 5.27. The summed E-state index contributed by atoms with van der Waals surface area (Å²) in [4.78, 5) is 67.2. The molecule has 5 heterocycles. The van der Waals surface area contributed by atoms with E-state index < -0.39 is 39.7 Å². The van der Waals surface area contributed by atoms with Crippen molar-refractivity contribution in [1.29, 1.82) is 0 Å². The monoisotopic (exact) mass is 870 g/mol. The fourth-order valence-corrected chi connectivity index (χ4v) is 8.13. The Bertz CT molecular complexity index is 3030. The maximum Gasteiger partial charge on any atom is 0.274 e. The van der Waals surface area contributed by atoms with Gasteiger partial charge >= 0.3 is 0 Å². The number of nitrogens with one attached hydrogen (secondary N) is 3. The zero-order valence-electron chi connectivity index (χ0n) is 34.3. The molecule has 0 bridgehead atoms. The summed E-state index contributed by atoms with van der Waals surface area (Å²) in [6, 6.07) is 17.7. The summed E-state index contributed by atoms with van der Waals surface area (Å²) in [6.07, 6.45) is 8.37. The van der Waals surface area contributed by atoms with Crippen molar-refractivity contribution in [3.63, 3.8) is 0 Å². The number of ether oxygens (including phenoxy) is 2. The van der Waals surface area contributed by atoms with Crippen molar-refractivity contribution in [3.05, 3.63) is 118 Å². The topological polar surface area (TPSA) is 217 Å². The lowest BCUT2D eigenvalue weighted by Gasteiger charge is -2.27. The lowest BCUT2D eigenvalue weighted by molar-refractivity contribution is -0.136. The Labute approximate surface area is 361 Å². The number of amides is 4. The van der Waals surface area contributed by atoms with Crippen LogP contribution in [0.25, 0.3) is 22.0 Å². The van der Waals surface area contributed by atoms with E-state index in [9.17, 15) is 32.4 Å². The molecule has 0 saturated carbocycles. The summed E-state index contributed by atoms with van der Waals surface area (Å²) in [5.74, 6) is 5.23. The molecule has 1 unspecified atom stereocenters. The summed E-state index contributed by atoms with van der Waals surface area (Å²) in [5.41, 5.74) is 3.22. The number of nitrogens with zero attached hydrogens (tertiary/aromatic N) is 5. The number of anilines is 1. The number of hydrogen-bond donors (Lipinski definition) is 3. The molecule has 63 heavy (non-hydrogen) atoms. The molecule has 1 fully saturated rings. The number of carbonyl (C=O) groups is 4. The molecule has 0 aliphatic carbocycles. The maximum absolute atomic E-state index is 13.3. The summed E-state index contributed by atoms with van der Waals surface area (Å²) >= 11 is 0. The normalized spacial score (nSPS) is 15.0. The first-order chi connectivity index (χ1) is 30.4. The van der Waals surface area contributed by atoms with E-state index in [1.165, 1.54) is 4.57 Å². The zero-order valence-corrected chi connectivity index (χ0v) is 35.2. The molecule has 8 rings (SSSR count). The van der Waals surface area contributed by atoms with Crippen molar-refractivity contribution in [1.82, 2.24) is 34.8 Å². The van der Waals surface area contributed by atoms with Gasteiger partial charge in [-0.2, -0.15) is 0 Å². The van der Waals surface area contributed by atoms with Gasteiger partial charge in [0.2, 0.25) is 21.8 Å². The van der Waals surface area contributed by atoms with Crippen LogP contribution in [0.15, 0.2) is 90.1 Å². The minimum atomic E-state index is -3.56. The second-order valence-electron chi connectivity index (χ2n) is 15.1. The second kappa shape index (κ2) is 17.8. The number of carbonyl (C=O) groups excluding carboxylic acids is 4. The Hall–Kier alpha value is -7.52. The number of H-pyrrole nitrogens is 1. The van der Waals surface area contributed by atoms with E-state index in [-0.39, 0.29) is 41.9 Å². The Morgan fingerprint density at radius 3 is 2.56 bits per heavy atom. The van der Waals surface area contributed by atoms with Crippen LogP contribution in [0.3, 0.4) is 0 Å². The van der Waals surface area contributed by atoms with Gasteiger partial charge in [0.05, 0.1) is 23.1 Å². The first kappa shape index (κ1) is 42.2. The predicted molar refractivity (Wildman–Crippen MR) is 231 cm³/mol. The molecule has 17 nitrogen and oxygen atoms in total. The summed E-state index contributed by atoms with van der Waals surface area (Å²) < 4.78 is 43.1. The number of unbranched alkanes of at least 4 members (excludes halogenated alkanes) is 3. The lowest BCUT2D eigenvalue weighted by atomic mass is 10.0. The fraction of sp³-hybridized carbons (Fsp3) is 0.267. The van der Waals surface area contributed by atoms with Crippen LogP contribution in [0.2, 0.25) is 0 Å². The van der Waals surface area contributed by atoms with E-state index in [0.29, 0.717) is 69.2 Å². The minimum Gasteiger partial charge on any atom is -0.487 e.